The highest BCUT2D eigenvalue weighted by molar-refractivity contribution is 6.35. The maximum atomic E-state index is 13.4. The summed E-state index contributed by atoms with van der Waals surface area (Å²) in [4.78, 5) is 23.0. The third-order valence-corrected chi connectivity index (χ3v) is 3.41. The summed E-state index contributed by atoms with van der Waals surface area (Å²) in [6.07, 6.45) is 2.78. The van der Waals surface area contributed by atoms with E-state index in [4.69, 9.17) is 16.3 Å². The third kappa shape index (κ3) is 4.51. The fourth-order valence-electron chi connectivity index (χ4n) is 1.93. The first-order valence-electron chi connectivity index (χ1n) is 6.75. The van der Waals surface area contributed by atoms with Gasteiger partial charge >= 0.3 is 11.8 Å². The molecule has 2 amide bonds. The minimum Gasteiger partial charge on any atom is -0.376 e. The molecule has 0 radical (unpaired) electrons. The van der Waals surface area contributed by atoms with Gasteiger partial charge in [0.15, 0.2) is 0 Å². The molecule has 6 nitrogen and oxygen atoms in total. The van der Waals surface area contributed by atoms with Crippen molar-refractivity contribution in [2.45, 2.75) is 18.9 Å². The lowest BCUT2D eigenvalue weighted by molar-refractivity contribution is -0.139. The van der Waals surface area contributed by atoms with Gasteiger partial charge in [-0.25, -0.2) is 9.82 Å². The summed E-state index contributed by atoms with van der Waals surface area (Å²) in [5, 5.41) is 6.12. The number of ether oxygens (including phenoxy) is 1. The van der Waals surface area contributed by atoms with Crippen LogP contribution in [-0.4, -0.2) is 37.3 Å². The van der Waals surface area contributed by atoms with Gasteiger partial charge in [-0.05, 0) is 25.0 Å². The normalized spacial score (nSPS) is 17.6. The van der Waals surface area contributed by atoms with Gasteiger partial charge in [0.1, 0.15) is 5.82 Å². The van der Waals surface area contributed by atoms with Gasteiger partial charge in [-0.15, -0.1) is 0 Å². The Morgan fingerprint density at radius 2 is 2.27 bits per heavy atom. The van der Waals surface area contributed by atoms with Crippen LogP contribution in [0.5, 0.6) is 0 Å². The number of nitrogens with zero attached hydrogens (tertiary/aromatic N) is 1. The van der Waals surface area contributed by atoms with Crippen LogP contribution in [0.1, 0.15) is 18.4 Å². The Kier molecular flexibility index (Phi) is 5.85. The third-order valence-electron chi connectivity index (χ3n) is 3.08. The fourth-order valence-corrected chi connectivity index (χ4v) is 2.14. The first-order valence-corrected chi connectivity index (χ1v) is 7.12. The Hall–Kier alpha value is -1.99. The van der Waals surface area contributed by atoms with E-state index in [0.717, 1.165) is 19.1 Å². The molecule has 1 atom stereocenters. The molecule has 0 aromatic heterocycles. The number of amides is 2. The van der Waals surface area contributed by atoms with Gasteiger partial charge in [0.2, 0.25) is 0 Å². The summed E-state index contributed by atoms with van der Waals surface area (Å²) in [7, 11) is 0. The molecule has 0 spiro atoms. The van der Waals surface area contributed by atoms with Crippen molar-refractivity contribution in [1.82, 2.24) is 10.7 Å². The van der Waals surface area contributed by atoms with Crippen LogP contribution < -0.4 is 10.7 Å². The topological polar surface area (TPSA) is 79.8 Å². The van der Waals surface area contributed by atoms with Gasteiger partial charge in [-0.2, -0.15) is 5.10 Å². The van der Waals surface area contributed by atoms with Crippen molar-refractivity contribution >= 4 is 29.6 Å². The number of carbonyl (C=O) groups excluding carboxylic acids is 2. The lowest BCUT2D eigenvalue weighted by Crippen LogP contribution is -2.41. The molecule has 0 unspecified atom stereocenters. The van der Waals surface area contributed by atoms with E-state index in [0.29, 0.717) is 6.61 Å². The maximum absolute atomic E-state index is 13.4. The quantitative estimate of drug-likeness (QED) is 0.496. The van der Waals surface area contributed by atoms with Crippen molar-refractivity contribution in [2.75, 3.05) is 13.2 Å². The van der Waals surface area contributed by atoms with E-state index in [-0.39, 0.29) is 23.2 Å². The lowest BCUT2D eigenvalue weighted by atomic mass is 10.2. The molecule has 1 aromatic carbocycles. The highest BCUT2D eigenvalue weighted by Crippen LogP contribution is 2.16. The average molecular weight is 328 g/mol. The van der Waals surface area contributed by atoms with Crippen molar-refractivity contribution in [3.05, 3.63) is 34.6 Å². The zero-order chi connectivity index (χ0) is 15.9. The van der Waals surface area contributed by atoms with Crippen LogP contribution in [0.25, 0.3) is 0 Å². The standard InChI is InChI=1S/C14H15ClFN3O3/c15-11-4-1-5-12(16)10(11)8-18-19-14(21)13(20)17-7-9-3-2-6-22-9/h1,4-5,8-9H,2-3,6-7H2,(H,17,20)(H,19,21)/b18-8+/t9-/m1/s1. The maximum Gasteiger partial charge on any atom is 0.329 e. The van der Waals surface area contributed by atoms with E-state index in [9.17, 15) is 14.0 Å². The van der Waals surface area contributed by atoms with Gasteiger partial charge in [-0.1, -0.05) is 17.7 Å². The molecule has 0 aliphatic carbocycles. The summed E-state index contributed by atoms with van der Waals surface area (Å²) in [6.45, 7) is 0.940. The van der Waals surface area contributed by atoms with Crippen molar-refractivity contribution < 1.29 is 18.7 Å². The first-order chi connectivity index (χ1) is 10.6. The lowest BCUT2D eigenvalue weighted by Gasteiger charge is -2.09. The van der Waals surface area contributed by atoms with Gasteiger partial charge in [0.05, 0.1) is 17.3 Å². The van der Waals surface area contributed by atoms with Crippen molar-refractivity contribution in [2.24, 2.45) is 5.10 Å². The highest BCUT2D eigenvalue weighted by atomic mass is 35.5. The van der Waals surface area contributed by atoms with Crippen LogP contribution in [0.3, 0.4) is 0 Å². The van der Waals surface area contributed by atoms with E-state index in [1.807, 2.05) is 5.43 Å². The minimum absolute atomic E-state index is 0.0317. The number of benzene rings is 1. The summed E-state index contributed by atoms with van der Waals surface area (Å²) >= 11 is 5.79. The van der Waals surface area contributed by atoms with Crippen LogP contribution in [0.2, 0.25) is 5.02 Å². The number of hydrazone groups is 1. The molecular formula is C14H15ClFN3O3. The predicted octanol–water partition coefficient (Wildman–Crippen LogP) is 1.22. The molecule has 8 heteroatoms. The summed E-state index contributed by atoms with van der Waals surface area (Å²) in [5.41, 5.74) is 2.04. The van der Waals surface area contributed by atoms with Gasteiger partial charge in [0.25, 0.3) is 0 Å². The van der Waals surface area contributed by atoms with Crippen LogP contribution in [-0.2, 0) is 14.3 Å². The van der Waals surface area contributed by atoms with E-state index in [1.165, 1.54) is 18.2 Å². The second kappa shape index (κ2) is 7.86. The van der Waals surface area contributed by atoms with Crippen LogP contribution in [0.4, 0.5) is 4.39 Å². The Bertz CT molecular complexity index is 568. The van der Waals surface area contributed by atoms with Crippen LogP contribution in [0.15, 0.2) is 23.3 Å². The predicted molar refractivity (Wildman–Crippen MR) is 79.1 cm³/mol. The molecule has 118 valence electrons. The SMILES string of the molecule is O=C(NC[C@H]1CCCO1)C(=O)N/N=C/c1c(F)cccc1Cl. The fraction of sp³-hybridized carbons (Fsp3) is 0.357. The number of hydrogen-bond acceptors (Lipinski definition) is 4. The smallest absolute Gasteiger partial charge is 0.329 e. The molecule has 0 bridgehead atoms. The molecule has 1 heterocycles. The zero-order valence-corrected chi connectivity index (χ0v) is 12.4. The van der Waals surface area contributed by atoms with Gasteiger partial charge < -0.3 is 10.1 Å². The molecule has 1 saturated heterocycles. The highest BCUT2D eigenvalue weighted by Gasteiger charge is 2.19. The average Bonchev–Trinajstić information content (AvgIpc) is 3.01. The minimum atomic E-state index is -0.943. The molecule has 1 fully saturated rings. The van der Waals surface area contributed by atoms with Crippen molar-refractivity contribution in [3.63, 3.8) is 0 Å². The number of halogens is 2. The number of hydrogen-bond donors (Lipinski definition) is 2. The molecule has 2 N–H and O–H groups in total. The summed E-state index contributed by atoms with van der Waals surface area (Å²) in [6, 6.07) is 4.15. The second-order valence-electron chi connectivity index (χ2n) is 4.68. The molecule has 0 saturated carbocycles. The molecule has 2 rings (SSSR count). The van der Waals surface area contributed by atoms with E-state index < -0.39 is 17.6 Å². The molecule has 1 aromatic rings. The first kappa shape index (κ1) is 16.4. The van der Waals surface area contributed by atoms with E-state index in [2.05, 4.69) is 10.4 Å². The van der Waals surface area contributed by atoms with Crippen molar-refractivity contribution in [1.29, 1.82) is 0 Å². The van der Waals surface area contributed by atoms with Crippen molar-refractivity contribution in [3.8, 4) is 0 Å². The van der Waals surface area contributed by atoms with Crippen LogP contribution in [0, 0.1) is 5.82 Å². The zero-order valence-electron chi connectivity index (χ0n) is 11.6. The van der Waals surface area contributed by atoms with E-state index >= 15 is 0 Å². The Morgan fingerprint density at radius 3 is 2.95 bits per heavy atom. The van der Waals surface area contributed by atoms with Gasteiger partial charge in [0, 0.05) is 18.7 Å². The Morgan fingerprint density at radius 1 is 1.45 bits per heavy atom. The van der Waals surface area contributed by atoms with Crippen LogP contribution >= 0.6 is 11.6 Å². The Labute approximate surface area is 131 Å². The number of rotatable bonds is 4. The summed E-state index contributed by atoms with van der Waals surface area (Å²) < 4.78 is 18.8. The monoisotopic (exact) mass is 327 g/mol. The molecule has 1 aliphatic rings. The second-order valence-corrected chi connectivity index (χ2v) is 5.09. The van der Waals surface area contributed by atoms with Gasteiger partial charge in [-0.3, -0.25) is 9.59 Å². The number of nitrogens with one attached hydrogen (secondary N) is 2. The Balaban J connectivity index is 1.81. The molecular weight excluding hydrogens is 313 g/mol. The molecule has 1 aliphatic heterocycles. The van der Waals surface area contributed by atoms with E-state index in [1.54, 1.807) is 0 Å². The summed E-state index contributed by atoms with van der Waals surface area (Å²) in [5.74, 6) is -2.35. The number of carbonyl (C=O) groups is 2. The molecule has 22 heavy (non-hydrogen) atoms. The largest absolute Gasteiger partial charge is 0.376 e.